The quantitative estimate of drug-likeness (QED) is 0.784. The Balaban J connectivity index is 1.70. The van der Waals surface area contributed by atoms with Gasteiger partial charge >= 0.3 is 6.03 Å². The van der Waals surface area contributed by atoms with Crippen molar-refractivity contribution < 1.29 is 14.3 Å². The summed E-state index contributed by atoms with van der Waals surface area (Å²) in [6.07, 6.45) is 3.91. The van der Waals surface area contributed by atoms with E-state index in [0.29, 0.717) is 18.9 Å². The molecule has 1 aromatic heterocycles. The summed E-state index contributed by atoms with van der Waals surface area (Å²) in [5.74, 6) is 0.772. The average Bonchev–Trinajstić information content (AvgIpc) is 3.27. The number of amides is 2. The number of hydrogen-bond donors (Lipinski definition) is 2. The van der Waals surface area contributed by atoms with E-state index >= 15 is 0 Å². The second kappa shape index (κ2) is 8.92. The third kappa shape index (κ3) is 4.81. The molecule has 1 fully saturated rings. The highest BCUT2D eigenvalue weighted by Crippen LogP contribution is 2.27. The summed E-state index contributed by atoms with van der Waals surface area (Å²) in [5, 5.41) is 5.96. The lowest BCUT2D eigenvalue weighted by Crippen LogP contribution is -2.45. The lowest BCUT2D eigenvalue weighted by molar-refractivity contribution is 0.0568. The molecule has 0 saturated carbocycles. The first kappa shape index (κ1) is 19.3. The molecule has 27 heavy (non-hydrogen) atoms. The van der Waals surface area contributed by atoms with E-state index in [2.05, 4.69) is 15.5 Å². The number of likely N-dealkylation sites (tertiary alicyclic amines) is 1. The number of hydrogen-bond acceptors (Lipinski definition) is 4. The average molecular weight is 372 g/mol. The van der Waals surface area contributed by atoms with Gasteiger partial charge in [0.2, 0.25) is 0 Å². The fraction of sp³-hybridized carbons (Fsp3) is 0.450. The Morgan fingerprint density at radius 3 is 2.67 bits per heavy atom. The molecular formula is C20H28N4O3. The van der Waals surface area contributed by atoms with Gasteiger partial charge < -0.3 is 29.6 Å². The van der Waals surface area contributed by atoms with Crippen LogP contribution in [0.3, 0.4) is 0 Å². The van der Waals surface area contributed by atoms with Crippen LogP contribution in [0.25, 0.3) is 5.69 Å². The highest BCUT2D eigenvalue weighted by atomic mass is 16.5. The number of rotatable bonds is 7. The third-order valence-corrected chi connectivity index (χ3v) is 4.55. The van der Waals surface area contributed by atoms with Crippen LogP contribution < -0.4 is 15.4 Å². The molecule has 7 nitrogen and oxygen atoms in total. The predicted octanol–water partition coefficient (Wildman–Crippen LogP) is 2.72. The number of carbonyl (C=O) groups excluding carboxylic acids is 1. The standard InChI is InChI=1S/C20H28N4O3/c1-4-26-18-9-8-15(12-17(18)24-10-6-7-11-24)21-20(25)22-16-13-23(3)14-19(16)27-5-2/h6-12,16,19H,4-5,13-14H2,1-3H3,(H2,21,22,25). The highest BCUT2D eigenvalue weighted by molar-refractivity contribution is 5.90. The summed E-state index contributed by atoms with van der Waals surface area (Å²) in [6, 6.07) is 9.27. The Hall–Kier alpha value is -2.51. The molecule has 0 radical (unpaired) electrons. The Morgan fingerprint density at radius 2 is 1.96 bits per heavy atom. The van der Waals surface area contributed by atoms with Gasteiger partial charge in [0.1, 0.15) is 5.75 Å². The first-order valence-electron chi connectivity index (χ1n) is 9.38. The van der Waals surface area contributed by atoms with Crippen LogP contribution in [0, 0.1) is 0 Å². The topological polar surface area (TPSA) is 67.8 Å². The van der Waals surface area contributed by atoms with Crippen LogP contribution in [0.1, 0.15) is 13.8 Å². The van der Waals surface area contributed by atoms with Crippen molar-refractivity contribution in [1.29, 1.82) is 0 Å². The maximum Gasteiger partial charge on any atom is 0.319 e. The summed E-state index contributed by atoms with van der Waals surface area (Å²) < 4.78 is 13.4. The molecule has 1 aliphatic heterocycles. The molecule has 2 N–H and O–H groups in total. The van der Waals surface area contributed by atoms with Crippen molar-refractivity contribution in [3.63, 3.8) is 0 Å². The molecule has 0 aliphatic carbocycles. The molecule has 1 saturated heterocycles. The lowest BCUT2D eigenvalue weighted by Gasteiger charge is -2.20. The van der Waals surface area contributed by atoms with Crippen LogP contribution in [0.15, 0.2) is 42.7 Å². The van der Waals surface area contributed by atoms with Gasteiger partial charge in [0.25, 0.3) is 0 Å². The molecule has 2 aromatic rings. The van der Waals surface area contributed by atoms with E-state index in [0.717, 1.165) is 24.5 Å². The lowest BCUT2D eigenvalue weighted by atomic mass is 10.2. The maximum absolute atomic E-state index is 12.5. The van der Waals surface area contributed by atoms with Crippen molar-refractivity contribution in [2.24, 2.45) is 0 Å². The van der Waals surface area contributed by atoms with E-state index in [1.165, 1.54) is 0 Å². The summed E-state index contributed by atoms with van der Waals surface area (Å²) >= 11 is 0. The van der Waals surface area contributed by atoms with Gasteiger partial charge in [-0.15, -0.1) is 0 Å². The highest BCUT2D eigenvalue weighted by Gasteiger charge is 2.32. The Bertz CT molecular complexity index is 748. The van der Waals surface area contributed by atoms with Gasteiger partial charge in [-0.05, 0) is 51.2 Å². The SMILES string of the molecule is CCOc1ccc(NC(=O)NC2CN(C)CC2OCC)cc1-n1cccc1. The molecule has 2 amide bonds. The second-order valence-corrected chi connectivity index (χ2v) is 6.63. The molecule has 0 spiro atoms. The van der Waals surface area contributed by atoms with Gasteiger partial charge in [-0.25, -0.2) is 4.79 Å². The number of aromatic nitrogens is 1. The molecular weight excluding hydrogens is 344 g/mol. The smallest absolute Gasteiger partial charge is 0.319 e. The number of nitrogens with one attached hydrogen (secondary N) is 2. The number of likely N-dealkylation sites (N-methyl/N-ethyl adjacent to an activating group) is 1. The van der Waals surface area contributed by atoms with E-state index in [1.54, 1.807) is 0 Å². The van der Waals surface area contributed by atoms with Crippen LogP contribution in [-0.4, -0.2) is 61.0 Å². The van der Waals surface area contributed by atoms with E-state index < -0.39 is 0 Å². The largest absolute Gasteiger partial charge is 0.492 e. The monoisotopic (exact) mass is 372 g/mol. The minimum Gasteiger partial charge on any atom is -0.492 e. The summed E-state index contributed by atoms with van der Waals surface area (Å²) in [7, 11) is 2.03. The molecule has 0 bridgehead atoms. The molecule has 2 unspecified atom stereocenters. The summed E-state index contributed by atoms with van der Waals surface area (Å²) in [6.45, 7) is 6.73. The van der Waals surface area contributed by atoms with Crippen LogP contribution in [-0.2, 0) is 4.74 Å². The zero-order valence-corrected chi connectivity index (χ0v) is 16.1. The van der Waals surface area contributed by atoms with Gasteiger partial charge in [-0.3, -0.25) is 0 Å². The van der Waals surface area contributed by atoms with Crippen molar-refractivity contribution >= 4 is 11.7 Å². The van der Waals surface area contributed by atoms with Crippen LogP contribution in [0.4, 0.5) is 10.5 Å². The fourth-order valence-corrected chi connectivity index (χ4v) is 3.39. The predicted molar refractivity (Wildman–Crippen MR) is 106 cm³/mol. The number of carbonyl (C=O) groups is 1. The number of ether oxygens (including phenoxy) is 2. The second-order valence-electron chi connectivity index (χ2n) is 6.63. The number of anilines is 1. The Labute approximate surface area is 160 Å². The van der Waals surface area contributed by atoms with E-state index in [4.69, 9.17) is 9.47 Å². The van der Waals surface area contributed by atoms with Gasteiger partial charge in [-0.2, -0.15) is 0 Å². The van der Waals surface area contributed by atoms with Gasteiger partial charge in [0, 0.05) is 37.8 Å². The van der Waals surface area contributed by atoms with Crippen molar-refractivity contribution in [1.82, 2.24) is 14.8 Å². The van der Waals surface area contributed by atoms with Crippen LogP contribution >= 0.6 is 0 Å². The first-order valence-corrected chi connectivity index (χ1v) is 9.38. The van der Waals surface area contributed by atoms with Gasteiger partial charge in [-0.1, -0.05) is 0 Å². The van der Waals surface area contributed by atoms with E-state index in [1.807, 2.05) is 68.2 Å². The van der Waals surface area contributed by atoms with Crippen molar-refractivity contribution in [3.05, 3.63) is 42.7 Å². The molecule has 1 aromatic carbocycles. The van der Waals surface area contributed by atoms with Gasteiger partial charge in [0.05, 0.1) is 24.4 Å². The molecule has 2 heterocycles. The van der Waals surface area contributed by atoms with Crippen molar-refractivity contribution in [2.45, 2.75) is 26.0 Å². The maximum atomic E-state index is 12.5. The third-order valence-electron chi connectivity index (χ3n) is 4.55. The van der Waals surface area contributed by atoms with Crippen LogP contribution in [0.2, 0.25) is 0 Å². The van der Waals surface area contributed by atoms with Crippen LogP contribution in [0.5, 0.6) is 5.75 Å². The zero-order valence-electron chi connectivity index (χ0n) is 16.1. The zero-order chi connectivity index (χ0) is 19.2. The molecule has 2 atom stereocenters. The molecule has 7 heteroatoms. The minimum absolute atomic E-state index is 0.0153. The first-order chi connectivity index (χ1) is 13.1. The molecule has 146 valence electrons. The Morgan fingerprint density at radius 1 is 1.19 bits per heavy atom. The molecule has 1 aliphatic rings. The molecule has 3 rings (SSSR count). The minimum atomic E-state index is -0.234. The van der Waals surface area contributed by atoms with Gasteiger partial charge in [0.15, 0.2) is 0 Å². The van der Waals surface area contributed by atoms with E-state index in [9.17, 15) is 4.79 Å². The van der Waals surface area contributed by atoms with Crippen molar-refractivity contribution in [3.8, 4) is 11.4 Å². The van der Waals surface area contributed by atoms with Crippen molar-refractivity contribution in [2.75, 3.05) is 38.7 Å². The Kier molecular flexibility index (Phi) is 6.36. The summed E-state index contributed by atoms with van der Waals surface area (Å²) in [4.78, 5) is 14.7. The summed E-state index contributed by atoms with van der Waals surface area (Å²) in [5.41, 5.74) is 1.59. The number of urea groups is 1. The van der Waals surface area contributed by atoms with E-state index in [-0.39, 0.29) is 18.2 Å². The fourth-order valence-electron chi connectivity index (χ4n) is 3.39. The number of nitrogens with zero attached hydrogens (tertiary/aromatic N) is 2. The normalized spacial score (nSPS) is 19.8. The number of benzene rings is 1.